The number of carbonyl (C=O) groups is 1. The molecule has 2 N–H and O–H groups in total. The molecule has 104 valence electrons. The second-order valence-electron chi connectivity index (χ2n) is 5.62. The summed E-state index contributed by atoms with van der Waals surface area (Å²) in [5.74, 6) is -0.788. The molecule has 5 heteroatoms. The number of carboxylic acids is 1. The third kappa shape index (κ3) is 2.68. The van der Waals surface area contributed by atoms with Gasteiger partial charge < -0.3 is 15.2 Å². The molecule has 0 spiro atoms. The van der Waals surface area contributed by atoms with Crippen molar-refractivity contribution >= 4 is 5.97 Å². The third-order valence-electron chi connectivity index (χ3n) is 4.39. The summed E-state index contributed by atoms with van der Waals surface area (Å²) in [5.41, 5.74) is -0.876. The van der Waals surface area contributed by atoms with Crippen molar-refractivity contribution < 1.29 is 14.6 Å². The monoisotopic (exact) mass is 256 g/mol. The summed E-state index contributed by atoms with van der Waals surface area (Å²) in [6, 6.07) is 0.402. The van der Waals surface area contributed by atoms with Crippen LogP contribution in [-0.4, -0.2) is 60.4 Å². The number of fused-ring (bicyclic) bond motifs is 1. The molecule has 0 aromatic carbocycles. The summed E-state index contributed by atoms with van der Waals surface area (Å²) < 4.78 is 5.81. The van der Waals surface area contributed by atoms with Crippen LogP contribution in [0.1, 0.15) is 32.6 Å². The van der Waals surface area contributed by atoms with E-state index in [2.05, 4.69) is 10.2 Å². The van der Waals surface area contributed by atoms with Crippen LogP contribution in [0.2, 0.25) is 0 Å². The highest BCUT2D eigenvalue weighted by Gasteiger charge is 2.40. The minimum absolute atomic E-state index is 0.308. The summed E-state index contributed by atoms with van der Waals surface area (Å²) in [4.78, 5) is 13.7. The van der Waals surface area contributed by atoms with Gasteiger partial charge in [0.25, 0.3) is 0 Å². The van der Waals surface area contributed by atoms with Crippen molar-refractivity contribution in [2.75, 3.05) is 26.7 Å². The van der Waals surface area contributed by atoms with Crippen LogP contribution in [0.5, 0.6) is 0 Å². The van der Waals surface area contributed by atoms with E-state index in [1.807, 2.05) is 0 Å². The van der Waals surface area contributed by atoms with Crippen LogP contribution in [0.15, 0.2) is 0 Å². The molecule has 2 fully saturated rings. The summed E-state index contributed by atoms with van der Waals surface area (Å²) in [5, 5.41) is 12.3. The van der Waals surface area contributed by atoms with Crippen molar-refractivity contribution in [3.05, 3.63) is 0 Å². The minimum atomic E-state index is -0.876. The number of hydrogen-bond acceptors (Lipinski definition) is 4. The van der Waals surface area contributed by atoms with Gasteiger partial charge in [-0.2, -0.15) is 0 Å². The summed E-state index contributed by atoms with van der Waals surface area (Å²) in [6.45, 7) is 3.86. The number of aliphatic carboxylic acids is 1. The van der Waals surface area contributed by atoms with Gasteiger partial charge in [0.15, 0.2) is 0 Å². The number of hydrogen-bond donors (Lipinski definition) is 2. The van der Waals surface area contributed by atoms with Crippen LogP contribution >= 0.6 is 0 Å². The Kier molecular flexibility index (Phi) is 4.25. The van der Waals surface area contributed by atoms with E-state index in [1.165, 1.54) is 12.8 Å². The van der Waals surface area contributed by atoms with E-state index in [1.54, 1.807) is 14.0 Å². The zero-order valence-electron chi connectivity index (χ0n) is 11.3. The molecule has 1 aliphatic carbocycles. The first-order valence-electron chi connectivity index (χ1n) is 6.85. The highest BCUT2D eigenvalue weighted by molar-refractivity contribution is 5.78. The van der Waals surface area contributed by atoms with Crippen molar-refractivity contribution in [2.45, 2.75) is 50.3 Å². The Hall–Kier alpha value is -0.650. The zero-order valence-corrected chi connectivity index (χ0v) is 11.3. The van der Waals surface area contributed by atoms with Gasteiger partial charge in [0.1, 0.15) is 5.54 Å². The predicted molar refractivity (Wildman–Crippen MR) is 68.7 cm³/mol. The molecule has 3 atom stereocenters. The number of morpholine rings is 1. The van der Waals surface area contributed by atoms with Crippen molar-refractivity contribution in [1.82, 2.24) is 10.2 Å². The van der Waals surface area contributed by atoms with E-state index in [4.69, 9.17) is 4.74 Å². The van der Waals surface area contributed by atoms with Crippen molar-refractivity contribution in [2.24, 2.45) is 0 Å². The first-order chi connectivity index (χ1) is 8.57. The van der Waals surface area contributed by atoms with Crippen LogP contribution in [0.25, 0.3) is 0 Å². The lowest BCUT2D eigenvalue weighted by Crippen LogP contribution is -2.61. The maximum Gasteiger partial charge on any atom is 0.324 e. The van der Waals surface area contributed by atoms with E-state index < -0.39 is 11.5 Å². The van der Waals surface area contributed by atoms with Crippen molar-refractivity contribution in [3.63, 3.8) is 0 Å². The molecule has 1 saturated carbocycles. The molecule has 0 radical (unpaired) electrons. The third-order valence-corrected chi connectivity index (χ3v) is 4.39. The number of likely N-dealkylation sites (N-methyl/N-ethyl adjacent to an activating group) is 1. The maximum absolute atomic E-state index is 11.4. The van der Waals surface area contributed by atoms with Gasteiger partial charge in [-0.1, -0.05) is 12.8 Å². The fourth-order valence-corrected chi connectivity index (χ4v) is 3.03. The fraction of sp³-hybridized carbons (Fsp3) is 0.923. The Balaban J connectivity index is 2.04. The molecule has 0 aromatic rings. The van der Waals surface area contributed by atoms with Crippen LogP contribution in [-0.2, 0) is 9.53 Å². The van der Waals surface area contributed by atoms with E-state index in [0.29, 0.717) is 18.7 Å². The average molecular weight is 256 g/mol. The van der Waals surface area contributed by atoms with E-state index >= 15 is 0 Å². The molecule has 2 aliphatic rings. The lowest BCUT2D eigenvalue weighted by atomic mass is 9.88. The molecular formula is C13H24N2O3. The number of carboxylic acid groups (broad SMARTS) is 1. The molecule has 0 amide bonds. The molecular weight excluding hydrogens is 232 g/mol. The quantitative estimate of drug-likeness (QED) is 0.775. The molecule has 1 heterocycles. The summed E-state index contributed by atoms with van der Waals surface area (Å²) in [7, 11) is 1.72. The van der Waals surface area contributed by atoms with Gasteiger partial charge >= 0.3 is 5.97 Å². The average Bonchev–Trinajstić information content (AvgIpc) is 2.39. The van der Waals surface area contributed by atoms with Gasteiger partial charge in [-0.3, -0.25) is 9.69 Å². The van der Waals surface area contributed by atoms with Crippen molar-refractivity contribution in [3.8, 4) is 0 Å². The SMILES string of the molecule is CNC(C)(CN1CCOC2CCCCC21)C(=O)O. The van der Waals surface area contributed by atoms with Gasteiger partial charge in [-0.15, -0.1) is 0 Å². The highest BCUT2D eigenvalue weighted by atomic mass is 16.5. The minimum Gasteiger partial charge on any atom is -0.480 e. The number of nitrogens with zero attached hydrogens (tertiary/aromatic N) is 1. The van der Waals surface area contributed by atoms with Gasteiger partial charge in [-0.25, -0.2) is 0 Å². The Bertz CT molecular complexity index is 309. The van der Waals surface area contributed by atoms with Crippen LogP contribution < -0.4 is 5.32 Å². The number of nitrogens with one attached hydrogen (secondary N) is 1. The molecule has 1 aliphatic heterocycles. The van der Waals surface area contributed by atoms with Crippen LogP contribution in [0, 0.1) is 0 Å². The maximum atomic E-state index is 11.4. The van der Waals surface area contributed by atoms with E-state index in [0.717, 1.165) is 26.0 Å². The molecule has 18 heavy (non-hydrogen) atoms. The lowest BCUT2D eigenvalue weighted by molar-refractivity contribution is -0.147. The fourth-order valence-electron chi connectivity index (χ4n) is 3.03. The smallest absolute Gasteiger partial charge is 0.324 e. The Morgan fingerprint density at radius 3 is 2.89 bits per heavy atom. The lowest BCUT2D eigenvalue weighted by Gasteiger charge is -2.46. The van der Waals surface area contributed by atoms with Gasteiger partial charge in [-0.05, 0) is 26.8 Å². The molecule has 0 aromatic heterocycles. The molecule has 3 unspecified atom stereocenters. The largest absolute Gasteiger partial charge is 0.480 e. The Morgan fingerprint density at radius 1 is 1.50 bits per heavy atom. The molecule has 2 rings (SSSR count). The normalized spacial score (nSPS) is 32.6. The first kappa shape index (κ1) is 13.8. The molecule has 5 nitrogen and oxygen atoms in total. The first-order valence-corrected chi connectivity index (χ1v) is 6.85. The van der Waals surface area contributed by atoms with E-state index in [9.17, 15) is 9.90 Å². The molecule has 1 saturated heterocycles. The highest BCUT2D eigenvalue weighted by Crippen LogP contribution is 2.29. The second kappa shape index (κ2) is 5.55. The topological polar surface area (TPSA) is 61.8 Å². The van der Waals surface area contributed by atoms with Gasteiger partial charge in [0.2, 0.25) is 0 Å². The van der Waals surface area contributed by atoms with Gasteiger partial charge in [0.05, 0.1) is 12.7 Å². The van der Waals surface area contributed by atoms with Crippen LogP contribution in [0.4, 0.5) is 0 Å². The van der Waals surface area contributed by atoms with Crippen molar-refractivity contribution in [1.29, 1.82) is 0 Å². The summed E-state index contributed by atoms with van der Waals surface area (Å²) >= 11 is 0. The Morgan fingerprint density at radius 2 is 2.22 bits per heavy atom. The van der Waals surface area contributed by atoms with Gasteiger partial charge in [0, 0.05) is 19.1 Å². The Labute approximate surface area is 108 Å². The number of rotatable bonds is 4. The molecule has 0 bridgehead atoms. The zero-order chi connectivity index (χ0) is 13.2. The second-order valence-corrected chi connectivity index (χ2v) is 5.62. The number of ether oxygens (including phenoxy) is 1. The predicted octanol–water partition coefficient (Wildman–Crippen LogP) is 0.693. The van der Waals surface area contributed by atoms with Crippen LogP contribution in [0.3, 0.4) is 0 Å². The van der Waals surface area contributed by atoms with E-state index in [-0.39, 0.29) is 0 Å². The standard InChI is InChI=1S/C13H24N2O3/c1-13(14-2,12(16)17)9-15-7-8-18-11-6-4-3-5-10(11)15/h10-11,14H,3-9H2,1-2H3,(H,16,17). The summed E-state index contributed by atoms with van der Waals surface area (Å²) in [6.07, 6.45) is 5.01.